The molecular weight excluding hydrogens is 519 g/mol. The van der Waals surface area contributed by atoms with Gasteiger partial charge in [-0.15, -0.1) is 5.10 Å². The van der Waals surface area contributed by atoms with E-state index in [1.807, 2.05) is 11.9 Å². The monoisotopic (exact) mass is 542 g/mol. The molecule has 3 aromatic rings. The van der Waals surface area contributed by atoms with E-state index < -0.39 is 36.4 Å². The van der Waals surface area contributed by atoms with Crippen molar-refractivity contribution in [2.75, 3.05) is 37.0 Å². The molecule has 1 aliphatic heterocycles. The fourth-order valence-electron chi connectivity index (χ4n) is 4.06. The van der Waals surface area contributed by atoms with Crippen molar-refractivity contribution in [3.63, 3.8) is 0 Å². The zero-order chi connectivity index (χ0) is 27.8. The Bertz CT molecular complexity index is 1360. The molecule has 38 heavy (non-hydrogen) atoms. The zero-order valence-corrected chi connectivity index (χ0v) is 20.4. The number of carbonyl (C=O) groups excluding carboxylic acids is 2. The Hall–Kier alpha value is -3.95. The highest BCUT2D eigenvalue weighted by Crippen LogP contribution is 2.33. The van der Waals surface area contributed by atoms with Crippen LogP contribution in [-0.2, 0) is 20.2 Å². The van der Waals surface area contributed by atoms with Crippen LogP contribution in [0, 0.1) is 5.92 Å². The first kappa shape index (κ1) is 27.1. The number of halogens is 5. The Balaban J connectivity index is 1.71. The van der Waals surface area contributed by atoms with E-state index in [0.29, 0.717) is 36.7 Å². The van der Waals surface area contributed by atoms with E-state index in [2.05, 4.69) is 42.3 Å². The van der Waals surface area contributed by atoms with Crippen LogP contribution in [0.2, 0.25) is 0 Å². The van der Waals surface area contributed by atoms with E-state index in [-0.39, 0.29) is 23.6 Å². The number of fused-ring (bicyclic) bond motifs is 1. The fraction of sp³-hybridized carbons (Fsp3) is 0.455. The minimum absolute atomic E-state index is 0.0211. The molecular formula is C22H23F5N8O3. The molecule has 2 atom stereocenters. The standard InChI is InChI=1S/C22H23F5N8O3/c1-11-8-34(9-13(11)28-3)18-12-7-30-15(31-17(36)10-38-20(37)22(25,26)27)6-14(12)35(33-18)16-4-5-29-19(32-16)21(2,23)24/h4-7,11,13,28H,8-10H2,1-3H3,(H,30,31,36). The third kappa shape index (κ3) is 5.64. The largest absolute Gasteiger partial charge is 0.490 e. The highest BCUT2D eigenvalue weighted by Gasteiger charge is 2.41. The molecule has 1 fully saturated rings. The van der Waals surface area contributed by atoms with Crippen LogP contribution in [0.3, 0.4) is 0 Å². The Morgan fingerprint density at radius 1 is 1.18 bits per heavy atom. The van der Waals surface area contributed by atoms with Crippen LogP contribution in [-0.4, -0.2) is 75.6 Å². The van der Waals surface area contributed by atoms with E-state index in [0.717, 1.165) is 6.20 Å². The summed E-state index contributed by atoms with van der Waals surface area (Å²) in [5.74, 6) is -6.93. The number of anilines is 2. The van der Waals surface area contributed by atoms with Gasteiger partial charge in [0.2, 0.25) is 5.82 Å². The normalized spacial score (nSPS) is 18.2. The van der Waals surface area contributed by atoms with Crippen molar-refractivity contribution in [1.29, 1.82) is 0 Å². The molecule has 0 saturated carbocycles. The number of likely N-dealkylation sites (N-methyl/N-ethyl adjacent to an activating group) is 1. The first-order valence-corrected chi connectivity index (χ1v) is 11.3. The number of nitrogens with one attached hydrogen (secondary N) is 2. The maximum atomic E-state index is 13.9. The van der Waals surface area contributed by atoms with Gasteiger partial charge in [-0.3, -0.25) is 4.79 Å². The summed E-state index contributed by atoms with van der Waals surface area (Å²) < 4.78 is 70.0. The molecule has 0 spiro atoms. The van der Waals surface area contributed by atoms with Crippen LogP contribution in [0.25, 0.3) is 16.7 Å². The van der Waals surface area contributed by atoms with Gasteiger partial charge in [0.05, 0.1) is 10.9 Å². The third-order valence-corrected chi connectivity index (χ3v) is 5.91. The van der Waals surface area contributed by atoms with Crippen molar-refractivity contribution in [2.45, 2.75) is 32.0 Å². The van der Waals surface area contributed by atoms with Crippen molar-refractivity contribution in [2.24, 2.45) is 5.92 Å². The summed E-state index contributed by atoms with van der Waals surface area (Å²) >= 11 is 0. The quantitative estimate of drug-likeness (QED) is 0.342. The molecule has 3 aromatic heterocycles. The second-order valence-corrected chi connectivity index (χ2v) is 8.85. The minimum atomic E-state index is -5.24. The number of ether oxygens (including phenoxy) is 1. The summed E-state index contributed by atoms with van der Waals surface area (Å²) in [7, 11) is 1.84. The highest BCUT2D eigenvalue weighted by molar-refractivity contribution is 5.96. The van der Waals surface area contributed by atoms with Crippen LogP contribution in [0.5, 0.6) is 0 Å². The maximum Gasteiger partial charge on any atom is 0.490 e. The maximum absolute atomic E-state index is 13.9. The number of hydrogen-bond donors (Lipinski definition) is 2. The van der Waals surface area contributed by atoms with Crippen molar-refractivity contribution in [1.82, 2.24) is 30.0 Å². The van der Waals surface area contributed by atoms with Crippen LogP contribution >= 0.6 is 0 Å². The lowest BCUT2D eigenvalue weighted by atomic mass is 10.1. The smallest absolute Gasteiger partial charge is 0.449 e. The van der Waals surface area contributed by atoms with Gasteiger partial charge in [0.1, 0.15) is 5.82 Å². The third-order valence-electron chi connectivity index (χ3n) is 5.91. The lowest BCUT2D eigenvalue weighted by Crippen LogP contribution is -2.32. The number of aromatic nitrogens is 5. The average Bonchev–Trinajstić information content (AvgIpc) is 3.41. The molecule has 0 bridgehead atoms. The van der Waals surface area contributed by atoms with Gasteiger partial charge in [0, 0.05) is 50.6 Å². The topological polar surface area (TPSA) is 127 Å². The van der Waals surface area contributed by atoms with Crippen LogP contribution in [0.15, 0.2) is 24.5 Å². The van der Waals surface area contributed by atoms with Gasteiger partial charge in [-0.25, -0.2) is 24.4 Å². The Morgan fingerprint density at radius 2 is 1.92 bits per heavy atom. The van der Waals surface area contributed by atoms with Crippen molar-refractivity contribution in [3.05, 3.63) is 30.4 Å². The fourth-order valence-corrected chi connectivity index (χ4v) is 4.06. The Kier molecular flexibility index (Phi) is 7.18. The molecule has 16 heteroatoms. The van der Waals surface area contributed by atoms with E-state index in [1.165, 1.54) is 23.0 Å². The summed E-state index contributed by atoms with van der Waals surface area (Å²) in [5.41, 5.74) is 0.321. The molecule has 2 N–H and O–H groups in total. The molecule has 0 radical (unpaired) electrons. The predicted octanol–water partition coefficient (Wildman–Crippen LogP) is 2.41. The first-order valence-electron chi connectivity index (χ1n) is 11.3. The summed E-state index contributed by atoms with van der Waals surface area (Å²) in [6.07, 6.45) is -2.69. The molecule has 1 saturated heterocycles. The molecule has 204 valence electrons. The number of esters is 1. The lowest BCUT2D eigenvalue weighted by Gasteiger charge is -2.15. The number of amides is 1. The molecule has 4 heterocycles. The molecule has 2 unspecified atom stereocenters. The summed E-state index contributed by atoms with van der Waals surface area (Å²) in [4.78, 5) is 36.6. The first-order chi connectivity index (χ1) is 17.8. The van der Waals surface area contributed by atoms with Crippen LogP contribution in [0.1, 0.15) is 19.7 Å². The van der Waals surface area contributed by atoms with E-state index >= 15 is 0 Å². The Labute approximate surface area is 212 Å². The summed E-state index contributed by atoms with van der Waals surface area (Å²) in [6.45, 7) is 2.78. The van der Waals surface area contributed by atoms with Gasteiger partial charge in [0.25, 0.3) is 5.91 Å². The van der Waals surface area contributed by atoms with Crippen molar-refractivity contribution < 1.29 is 36.3 Å². The lowest BCUT2D eigenvalue weighted by molar-refractivity contribution is -0.199. The molecule has 0 aliphatic carbocycles. The molecule has 1 aliphatic rings. The number of carbonyl (C=O) groups is 2. The Morgan fingerprint density at radius 3 is 2.55 bits per heavy atom. The molecule has 11 nitrogen and oxygen atoms in total. The van der Waals surface area contributed by atoms with Gasteiger partial charge in [-0.1, -0.05) is 6.92 Å². The van der Waals surface area contributed by atoms with E-state index in [9.17, 15) is 31.5 Å². The van der Waals surface area contributed by atoms with Gasteiger partial charge >= 0.3 is 18.1 Å². The number of nitrogens with zero attached hydrogens (tertiary/aromatic N) is 6. The van der Waals surface area contributed by atoms with Gasteiger partial charge in [-0.2, -0.15) is 22.0 Å². The predicted molar refractivity (Wildman–Crippen MR) is 124 cm³/mol. The highest BCUT2D eigenvalue weighted by atomic mass is 19.4. The van der Waals surface area contributed by atoms with Crippen molar-refractivity contribution in [3.8, 4) is 5.82 Å². The molecule has 0 aromatic carbocycles. The number of hydrogen-bond acceptors (Lipinski definition) is 9. The zero-order valence-electron chi connectivity index (χ0n) is 20.4. The van der Waals surface area contributed by atoms with Crippen molar-refractivity contribution >= 4 is 34.4 Å². The second-order valence-electron chi connectivity index (χ2n) is 8.85. The number of pyridine rings is 1. The van der Waals surface area contributed by atoms with Crippen LogP contribution < -0.4 is 15.5 Å². The molecule has 4 rings (SSSR count). The van der Waals surface area contributed by atoms with Gasteiger partial charge < -0.3 is 20.3 Å². The number of rotatable bonds is 7. The summed E-state index contributed by atoms with van der Waals surface area (Å²) in [6, 6.07) is 2.91. The van der Waals surface area contributed by atoms with Gasteiger partial charge in [-0.05, 0) is 13.0 Å². The SMILES string of the molecule is CNC1CN(c2nn(-c3ccnc(C(C)(F)F)n3)c3cc(NC(=O)COC(=O)C(F)(F)F)ncc23)CC1C. The minimum Gasteiger partial charge on any atom is -0.449 e. The van der Waals surface area contributed by atoms with Gasteiger partial charge in [0.15, 0.2) is 18.2 Å². The average molecular weight is 542 g/mol. The number of alkyl halides is 5. The van der Waals surface area contributed by atoms with Crippen LogP contribution in [0.4, 0.5) is 33.6 Å². The summed E-state index contributed by atoms with van der Waals surface area (Å²) in [5, 5.41) is 10.6. The van der Waals surface area contributed by atoms with E-state index in [4.69, 9.17) is 0 Å². The second kappa shape index (κ2) is 10.1. The van der Waals surface area contributed by atoms with E-state index in [1.54, 1.807) is 0 Å². The molecule has 1 amide bonds.